The van der Waals surface area contributed by atoms with Crippen LogP contribution in [0.5, 0.6) is 0 Å². The van der Waals surface area contributed by atoms with E-state index in [-0.39, 0.29) is 0 Å². The van der Waals surface area contributed by atoms with E-state index < -0.39 is 0 Å². The maximum atomic E-state index is 4.48. The molecule has 0 unspecified atom stereocenters. The van der Waals surface area contributed by atoms with E-state index in [1.165, 1.54) is 11.3 Å². The highest BCUT2D eigenvalue weighted by molar-refractivity contribution is 7.17. The Morgan fingerprint density at radius 2 is 2.00 bits per heavy atom. The second kappa shape index (κ2) is 4.75. The summed E-state index contributed by atoms with van der Waals surface area (Å²) in [5, 5.41) is 11.3. The fourth-order valence-corrected chi connectivity index (χ4v) is 3.01. The molecule has 0 saturated heterocycles. The zero-order valence-corrected chi connectivity index (χ0v) is 12.1. The van der Waals surface area contributed by atoms with Gasteiger partial charge in [-0.3, -0.25) is 9.97 Å². The summed E-state index contributed by atoms with van der Waals surface area (Å²) in [6.07, 6.45) is 7.43. The molecule has 0 aliphatic rings. The molecule has 0 spiro atoms. The van der Waals surface area contributed by atoms with Crippen LogP contribution < -0.4 is 0 Å². The Kier molecular flexibility index (Phi) is 2.75. The monoisotopic (exact) mass is 293 g/mol. The zero-order chi connectivity index (χ0) is 14.2. The van der Waals surface area contributed by atoms with Crippen molar-refractivity contribution in [3.8, 4) is 21.3 Å². The van der Waals surface area contributed by atoms with E-state index >= 15 is 0 Å². The SMILES string of the molecule is Cn1ccc2cnc(-c3nnc(-c4cccnc4)s3)cc21. The molecule has 0 N–H and O–H groups in total. The van der Waals surface area contributed by atoms with Crippen LogP contribution in [0.3, 0.4) is 0 Å². The van der Waals surface area contributed by atoms with Crippen molar-refractivity contribution in [3.05, 3.63) is 49.1 Å². The minimum absolute atomic E-state index is 0.817. The Morgan fingerprint density at radius 1 is 1.10 bits per heavy atom. The van der Waals surface area contributed by atoms with Gasteiger partial charge >= 0.3 is 0 Å². The molecule has 0 fully saturated rings. The highest BCUT2D eigenvalue weighted by Gasteiger charge is 2.11. The summed E-state index contributed by atoms with van der Waals surface area (Å²) in [6, 6.07) is 7.96. The topological polar surface area (TPSA) is 56.5 Å². The summed E-state index contributed by atoms with van der Waals surface area (Å²) in [6.45, 7) is 0. The minimum atomic E-state index is 0.817. The molecule has 4 rings (SSSR count). The predicted molar refractivity (Wildman–Crippen MR) is 82.8 cm³/mol. The van der Waals surface area contributed by atoms with Crippen LogP contribution in [0.2, 0.25) is 0 Å². The number of nitrogens with zero attached hydrogens (tertiary/aromatic N) is 5. The molecular formula is C15H11N5S. The van der Waals surface area contributed by atoms with Gasteiger partial charge in [0.05, 0.1) is 5.52 Å². The first-order chi connectivity index (χ1) is 10.3. The van der Waals surface area contributed by atoms with Gasteiger partial charge in [-0.1, -0.05) is 11.3 Å². The van der Waals surface area contributed by atoms with Crippen LogP contribution in [0.15, 0.2) is 49.1 Å². The van der Waals surface area contributed by atoms with Crippen molar-refractivity contribution < 1.29 is 0 Å². The van der Waals surface area contributed by atoms with Gasteiger partial charge in [-0.15, -0.1) is 10.2 Å². The Balaban J connectivity index is 1.79. The summed E-state index contributed by atoms with van der Waals surface area (Å²) in [4.78, 5) is 8.58. The Hall–Kier alpha value is -2.60. The summed E-state index contributed by atoms with van der Waals surface area (Å²) < 4.78 is 2.07. The quantitative estimate of drug-likeness (QED) is 0.569. The van der Waals surface area contributed by atoms with Crippen LogP contribution in [0.25, 0.3) is 32.2 Å². The molecule has 21 heavy (non-hydrogen) atoms. The summed E-state index contributed by atoms with van der Waals surface area (Å²) in [5.74, 6) is 0. The van der Waals surface area contributed by atoms with Crippen LogP contribution in [0, 0.1) is 0 Å². The molecular weight excluding hydrogens is 282 g/mol. The first-order valence-electron chi connectivity index (χ1n) is 6.46. The standard InChI is InChI=1S/C15H11N5S/c1-20-6-4-10-9-17-12(7-13(10)20)15-19-18-14(21-15)11-3-2-5-16-8-11/h2-9H,1H3. The third-order valence-electron chi connectivity index (χ3n) is 3.32. The van der Waals surface area contributed by atoms with E-state index in [4.69, 9.17) is 0 Å². The number of hydrogen-bond donors (Lipinski definition) is 0. The van der Waals surface area contributed by atoms with Crippen molar-refractivity contribution in [2.45, 2.75) is 0 Å². The Labute approximate surface area is 124 Å². The Morgan fingerprint density at radius 3 is 2.86 bits per heavy atom. The number of pyridine rings is 2. The van der Waals surface area contributed by atoms with Crippen molar-refractivity contribution in [1.29, 1.82) is 0 Å². The normalized spacial score (nSPS) is 11.1. The fourth-order valence-electron chi connectivity index (χ4n) is 2.21. The third-order valence-corrected chi connectivity index (χ3v) is 4.32. The first kappa shape index (κ1) is 12.2. The second-order valence-corrected chi connectivity index (χ2v) is 5.69. The fraction of sp³-hybridized carbons (Fsp3) is 0.0667. The molecule has 5 nitrogen and oxygen atoms in total. The minimum Gasteiger partial charge on any atom is -0.350 e. The van der Waals surface area contributed by atoms with Gasteiger partial charge in [-0.05, 0) is 24.3 Å². The van der Waals surface area contributed by atoms with Gasteiger partial charge in [0.1, 0.15) is 10.7 Å². The maximum absolute atomic E-state index is 4.48. The van der Waals surface area contributed by atoms with Crippen molar-refractivity contribution in [2.75, 3.05) is 0 Å². The van der Waals surface area contributed by atoms with Crippen molar-refractivity contribution in [2.24, 2.45) is 7.05 Å². The van der Waals surface area contributed by atoms with Crippen molar-refractivity contribution in [1.82, 2.24) is 24.7 Å². The average molecular weight is 293 g/mol. The van der Waals surface area contributed by atoms with Crippen LogP contribution in [0.1, 0.15) is 0 Å². The van der Waals surface area contributed by atoms with Gasteiger partial charge in [-0.2, -0.15) is 0 Å². The molecule has 6 heteroatoms. The summed E-state index contributed by atoms with van der Waals surface area (Å²) in [5.41, 5.74) is 2.95. The van der Waals surface area contributed by atoms with E-state index in [1.807, 2.05) is 43.7 Å². The van der Waals surface area contributed by atoms with Crippen LogP contribution in [0.4, 0.5) is 0 Å². The number of rotatable bonds is 2. The highest BCUT2D eigenvalue weighted by Crippen LogP contribution is 2.29. The molecule has 0 aliphatic carbocycles. The van der Waals surface area contributed by atoms with Crippen LogP contribution in [-0.4, -0.2) is 24.7 Å². The summed E-state index contributed by atoms with van der Waals surface area (Å²) >= 11 is 1.52. The van der Waals surface area contributed by atoms with Gasteiger partial charge in [-0.25, -0.2) is 0 Å². The third kappa shape index (κ3) is 2.09. The zero-order valence-electron chi connectivity index (χ0n) is 11.3. The largest absolute Gasteiger partial charge is 0.350 e. The number of fused-ring (bicyclic) bond motifs is 1. The van der Waals surface area contributed by atoms with Gasteiger partial charge < -0.3 is 4.57 Å². The van der Waals surface area contributed by atoms with E-state index in [0.717, 1.165) is 32.2 Å². The lowest BCUT2D eigenvalue weighted by Crippen LogP contribution is -1.87. The highest BCUT2D eigenvalue weighted by atomic mass is 32.1. The maximum Gasteiger partial charge on any atom is 0.166 e. The molecule has 4 aromatic rings. The van der Waals surface area contributed by atoms with Crippen LogP contribution in [-0.2, 0) is 7.05 Å². The molecule has 0 bridgehead atoms. The van der Waals surface area contributed by atoms with Crippen molar-refractivity contribution >= 4 is 22.2 Å². The molecule has 0 radical (unpaired) electrons. The number of aromatic nitrogens is 5. The van der Waals surface area contributed by atoms with Gasteiger partial charge in [0, 0.05) is 42.8 Å². The molecule has 0 saturated carbocycles. The van der Waals surface area contributed by atoms with Gasteiger partial charge in [0.25, 0.3) is 0 Å². The summed E-state index contributed by atoms with van der Waals surface area (Å²) in [7, 11) is 2.02. The first-order valence-corrected chi connectivity index (χ1v) is 7.28. The van der Waals surface area contributed by atoms with Gasteiger partial charge in [0.15, 0.2) is 5.01 Å². The number of aryl methyl sites for hydroxylation is 1. The van der Waals surface area contributed by atoms with E-state index in [1.54, 1.807) is 12.4 Å². The molecule has 0 atom stereocenters. The Bertz CT molecular complexity index is 910. The van der Waals surface area contributed by atoms with Crippen molar-refractivity contribution in [3.63, 3.8) is 0 Å². The molecule has 4 heterocycles. The van der Waals surface area contributed by atoms with Crippen LogP contribution >= 0.6 is 11.3 Å². The van der Waals surface area contributed by atoms with E-state index in [9.17, 15) is 0 Å². The molecule has 102 valence electrons. The van der Waals surface area contributed by atoms with E-state index in [2.05, 4.69) is 24.7 Å². The number of hydrogen-bond acceptors (Lipinski definition) is 5. The molecule has 0 aromatic carbocycles. The second-order valence-electron chi connectivity index (χ2n) is 4.71. The molecule has 0 amide bonds. The lowest BCUT2D eigenvalue weighted by atomic mass is 10.3. The van der Waals surface area contributed by atoms with E-state index in [0.29, 0.717) is 0 Å². The lowest BCUT2D eigenvalue weighted by Gasteiger charge is -1.98. The lowest BCUT2D eigenvalue weighted by molar-refractivity contribution is 0.968. The van der Waals surface area contributed by atoms with Gasteiger partial charge in [0.2, 0.25) is 0 Å². The predicted octanol–water partition coefficient (Wildman–Crippen LogP) is 3.15. The molecule has 4 aromatic heterocycles. The smallest absolute Gasteiger partial charge is 0.166 e. The average Bonchev–Trinajstić information content (AvgIpc) is 3.16. The molecule has 0 aliphatic heterocycles.